The summed E-state index contributed by atoms with van der Waals surface area (Å²) >= 11 is 0. The van der Waals surface area contributed by atoms with Crippen molar-refractivity contribution in [3.05, 3.63) is 53.9 Å². The third-order valence-corrected chi connectivity index (χ3v) is 5.63. The van der Waals surface area contributed by atoms with Crippen molar-refractivity contribution in [2.75, 3.05) is 19.5 Å². The predicted molar refractivity (Wildman–Crippen MR) is 111 cm³/mol. The van der Waals surface area contributed by atoms with Crippen LogP contribution in [0.2, 0.25) is 0 Å². The minimum Gasteiger partial charge on any atom is -0.494 e. The van der Waals surface area contributed by atoms with Gasteiger partial charge in [0.25, 0.3) is 5.91 Å². The van der Waals surface area contributed by atoms with Gasteiger partial charge in [0.1, 0.15) is 11.3 Å². The number of carbonyl (C=O) groups excluding carboxylic acids is 2. The number of ether oxygens (including phenoxy) is 1. The van der Waals surface area contributed by atoms with Gasteiger partial charge >= 0.3 is 0 Å². The van der Waals surface area contributed by atoms with E-state index in [1.807, 2.05) is 26.8 Å². The van der Waals surface area contributed by atoms with Crippen molar-refractivity contribution in [2.45, 2.75) is 26.3 Å². The van der Waals surface area contributed by atoms with Gasteiger partial charge in [-0.25, -0.2) is 9.98 Å². The minimum absolute atomic E-state index is 0.125. The molecule has 8 heteroatoms. The van der Waals surface area contributed by atoms with Crippen LogP contribution in [0.3, 0.4) is 0 Å². The molecule has 0 spiro atoms. The lowest BCUT2D eigenvalue weighted by atomic mass is 9.68. The van der Waals surface area contributed by atoms with E-state index in [1.54, 1.807) is 37.4 Å². The normalized spacial score (nSPS) is 20.8. The molecule has 0 aliphatic carbocycles. The van der Waals surface area contributed by atoms with E-state index in [-0.39, 0.29) is 17.6 Å². The minimum atomic E-state index is -0.899. The largest absolute Gasteiger partial charge is 0.494 e. The van der Waals surface area contributed by atoms with Crippen molar-refractivity contribution in [3.63, 3.8) is 0 Å². The number of nitrogens with two attached hydrogens (primary N) is 1. The molecular weight excluding hydrogens is 370 g/mol. The summed E-state index contributed by atoms with van der Waals surface area (Å²) in [6, 6.07) is 10.6. The molecular formula is C21H25N5O3. The first-order valence-electron chi connectivity index (χ1n) is 9.16. The average molecular weight is 395 g/mol. The van der Waals surface area contributed by atoms with Crippen molar-refractivity contribution in [1.82, 2.24) is 9.88 Å². The number of nitrogens with zero attached hydrogens (tertiary/aromatic N) is 3. The van der Waals surface area contributed by atoms with Crippen LogP contribution in [0.25, 0.3) is 0 Å². The van der Waals surface area contributed by atoms with Crippen LogP contribution in [-0.2, 0) is 10.3 Å². The zero-order valence-electron chi connectivity index (χ0n) is 17.2. The second-order valence-corrected chi connectivity index (χ2v) is 7.62. The second-order valence-electron chi connectivity index (χ2n) is 7.62. The first-order chi connectivity index (χ1) is 13.6. The topological polar surface area (TPSA) is 110 Å². The molecule has 8 nitrogen and oxygen atoms in total. The van der Waals surface area contributed by atoms with Gasteiger partial charge in [-0.3, -0.25) is 14.5 Å². The molecule has 0 saturated heterocycles. The smallest absolute Gasteiger partial charge is 0.278 e. The molecule has 1 aromatic heterocycles. The molecule has 29 heavy (non-hydrogen) atoms. The molecule has 1 aliphatic rings. The maximum atomic E-state index is 12.8. The summed E-state index contributed by atoms with van der Waals surface area (Å²) < 4.78 is 5.20. The zero-order valence-corrected chi connectivity index (χ0v) is 17.2. The first-order valence-corrected chi connectivity index (χ1v) is 9.16. The summed E-state index contributed by atoms with van der Waals surface area (Å²) in [5.41, 5.74) is 5.76. The molecule has 2 aromatic rings. The van der Waals surface area contributed by atoms with E-state index in [2.05, 4.69) is 15.3 Å². The number of benzene rings is 1. The number of guanidine groups is 1. The van der Waals surface area contributed by atoms with Gasteiger partial charge in [0.2, 0.25) is 5.91 Å². The van der Waals surface area contributed by atoms with Gasteiger partial charge in [0, 0.05) is 18.9 Å². The molecule has 1 aromatic carbocycles. The Bertz CT molecular complexity index is 1000. The average Bonchev–Trinajstić information content (AvgIpc) is 2.71. The molecule has 2 amide bonds. The summed E-state index contributed by atoms with van der Waals surface area (Å²) in [6.07, 6.45) is 1.53. The number of aromatic nitrogens is 1. The summed E-state index contributed by atoms with van der Waals surface area (Å²) in [6.45, 7) is 5.55. The highest BCUT2D eigenvalue weighted by atomic mass is 16.5. The lowest BCUT2D eigenvalue weighted by Crippen LogP contribution is -2.58. The molecule has 0 fully saturated rings. The Morgan fingerprint density at radius 2 is 1.93 bits per heavy atom. The molecule has 0 saturated carbocycles. The van der Waals surface area contributed by atoms with Gasteiger partial charge in [-0.1, -0.05) is 12.1 Å². The Balaban J connectivity index is 1.98. The summed E-state index contributed by atoms with van der Waals surface area (Å²) in [5, 5.41) is 2.83. The summed E-state index contributed by atoms with van der Waals surface area (Å²) in [5.74, 6) is 0.0173. The van der Waals surface area contributed by atoms with Gasteiger partial charge in [0.15, 0.2) is 11.7 Å². The van der Waals surface area contributed by atoms with Crippen molar-refractivity contribution in [2.24, 2.45) is 16.1 Å². The lowest BCUT2D eigenvalue weighted by molar-refractivity contribution is -0.140. The van der Waals surface area contributed by atoms with E-state index in [4.69, 9.17) is 10.5 Å². The van der Waals surface area contributed by atoms with Crippen molar-refractivity contribution >= 4 is 23.5 Å². The van der Waals surface area contributed by atoms with Gasteiger partial charge in [-0.05, 0) is 50.6 Å². The Morgan fingerprint density at radius 3 is 2.62 bits per heavy atom. The highest BCUT2D eigenvalue weighted by molar-refractivity contribution is 6.05. The van der Waals surface area contributed by atoms with Gasteiger partial charge in [0.05, 0.1) is 12.5 Å². The molecule has 2 heterocycles. The van der Waals surface area contributed by atoms with Gasteiger partial charge in [-0.2, -0.15) is 0 Å². The third kappa shape index (κ3) is 3.30. The molecule has 0 unspecified atom stereocenters. The number of pyridine rings is 1. The van der Waals surface area contributed by atoms with Crippen LogP contribution in [0.5, 0.6) is 5.75 Å². The molecule has 1 aliphatic heterocycles. The number of carbonyl (C=O) groups is 2. The number of aliphatic imine (C=N–C) groups is 1. The van der Waals surface area contributed by atoms with Crippen LogP contribution in [0, 0.1) is 5.41 Å². The van der Waals surface area contributed by atoms with E-state index in [0.29, 0.717) is 11.4 Å². The standard InChI is InChI=1S/C21H25N5O3/c1-20(2)18(28)26(4)19(22)25-21(20,3)13-8-6-9-14(12-13)24-17(27)16-15(29-5)10-7-11-23-16/h6-12H,1-5H3,(H2,22,25)(H,24,27)/t21-/m1/s1. The molecule has 0 radical (unpaired) electrons. The van der Waals surface area contributed by atoms with Crippen LogP contribution in [0.1, 0.15) is 36.8 Å². The SMILES string of the molecule is COc1cccnc1C(=O)Nc1cccc([C@@]2(C)N=C(N)N(C)C(=O)C2(C)C)c1. The van der Waals surface area contributed by atoms with E-state index < -0.39 is 16.9 Å². The van der Waals surface area contributed by atoms with Crippen LogP contribution in [0.4, 0.5) is 5.69 Å². The third-order valence-electron chi connectivity index (χ3n) is 5.63. The van der Waals surface area contributed by atoms with Crippen LogP contribution in [0.15, 0.2) is 47.6 Å². The number of amides is 2. The molecule has 3 rings (SSSR count). The lowest BCUT2D eigenvalue weighted by Gasteiger charge is -2.46. The monoisotopic (exact) mass is 395 g/mol. The fraction of sp³-hybridized carbons (Fsp3) is 0.333. The van der Waals surface area contributed by atoms with E-state index in [0.717, 1.165) is 5.56 Å². The van der Waals surface area contributed by atoms with Gasteiger partial charge in [-0.15, -0.1) is 0 Å². The van der Waals surface area contributed by atoms with Crippen LogP contribution in [-0.4, -0.2) is 41.8 Å². The number of hydrogen-bond acceptors (Lipinski definition) is 6. The molecule has 1 atom stereocenters. The quantitative estimate of drug-likeness (QED) is 0.826. The number of nitrogens with one attached hydrogen (secondary N) is 1. The number of methoxy groups -OCH3 is 1. The fourth-order valence-electron chi connectivity index (χ4n) is 3.42. The van der Waals surface area contributed by atoms with Crippen molar-refractivity contribution < 1.29 is 14.3 Å². The first kappa shape index (κ1) is 20.3. The van der Waals surface area contributed by atoms with Crippen LogP contribution >= 0.6 is 0 Å². The second kappa shape index (κ2) is 7.20. The maximum Gasteiger partial charge on any atom is 0.278 e. The van der Waals surface area contributed by atoms with E-state index >= 15 is 0 Å². The molecule has 0 bridgehead atoms. The molecule has 152 valence electrons. The summed E-state index contributed by atoms with van der Waals surface area (Å²) in [7, 11) is 3.09. The fourth-order valence-corrected chi connectivity index (χ4v) is 3.42. The summed E-state index contributed by atoms with van der Waals surface area (Å²) in [4.78, 5) is 35.6. The predicted octanol–water partition coefficient (Wildman–Crippen LogP) is 2.37. The number of rotatable bonds is 4. The Morgan fingerprint density at radius 1 is 1.21 bits per heavy atom. The maximum absolute atomic E-state index is 12.8. The van der Waals surface area contributed by atoms with Crippen molar-refractivity contribution in [1.29, 1.82) is 0 Å². The van der Waals surface area contributed by atoms with Gasteiger partial charge < -0.3 is 15.8 Å². The number of hydrogen-bond donors (Lipinski definition) is 2. The van der Waals surface area contributed by atoms with E-state index in [1.165, 1.54) is 18.2 Å². The zero-order chi connectivity index (χ0) is 21.4. The number of anilines is 1. The van der Waals surface area contributed by atoms with E-state index in [9.17, 15) is 9.59 Å². The highest BCUT2D eigenvalue weighted by Crippen LogP contribution is 2.46. The Kier molecular flexibility index (Phi) is 5.04. The Labute approximate surface area is 169 Å². The van der Waals surface area contributed by atoms with Crippen molar-refractivity contribution in [3.8, 4) is 5.75 Å². The Hall–Kier alpha value is -3.42. The highest BCUT2D eigenvalue weighted by Gasteiger charge is 2.52. The van der Waals surface area contributed by atoms with Crippen LogP contribution < -0.4 is 15.8 Å². The molecule has 3 N–H and O–H groups in total.